The van der Waals surface area contributed by atoms with Gasteiger partial charge in [0, 0.05) is 23.0 Å². The van der Waals surface area contributed by atoms with E-state index in [4.69, 9.17) is 0 Å². The van der Waals surface area contributed by atoms with Crippen molar-refractivity contribution in [2.24, 2.45) is 0 Å². The van der Waals surface area contributed by atoms with Crippen molar-refractivity contribution in [3.8, 4) is 0 Å². The van der Waals surface area contributed by atoms with Crippen LogP contribution in [0.4, 0.5) is 15.8 Å². The number of aliphatic hydroxyl groups is 1. The average Bonchev–Trinajstić information content (AvgIpc) is 2.77. The number of aryl methyl sites for hydroxylation is 1. The minimum Gasteiger partial charge on any atom is -0.389 e. The molecule has 0 aromatic heterocycles. The lowest BCUT2D eigenvalue weighted by molar-refractivity contribution is 0.199. The molecule has 0 saturated heterocycles. The summed E-state index contributed by atoms with van der Waals surface area (Å²) < 4.78 is 13.9. The van der Waals surface area contributed by atoms with E-state index in [2.05, 4.69) is 24.0 Å². The molecule has 2 atom stereocenters. The van der Waals surface area contributed by atoms with E-state index in [1.54, 1.807) is 13.8 Å². The third kappa shape index (κ3) is 2.32. The predicted octanol–water partition coefficient (Wildman–Crippen LogP) is 4.27. The van der Waals surface area contributed by atoms with Gasteiger partial charge in [-0.15, -0.1) is 0 Å². The Kier molecular flexibility index (Phi) is 3.46. The zero-order chi connectivity index (χ0) is 15.1. The molecule has 110 valence electrons. The lowest BCUT2D eigenvalue weighted by Crippen LogP contribution is -2.25. The van der Waals surface area contributed by atoms with Crippen LogP contribution in [0, 0.1) is 12.7 Å². The normalized spacial score (nSPS) is 18.7. The number of hydrogen-bond acceptors (Lipinski definition) is 2. The standard InChI is InChI=1S/C18H20FNO/c1-11-8-18(15(13(3)21)10-16(11)19)20-12(2)9-14-6-4-5-7-17(14)20/h4-8,10,12-13,21H,9H2,1-3H3. The Bertz CT molecular complexity index is 681. The van der Waals surface area contributed by atoms with Gasteiger partial charge in [0.15, 0.2) is 0 Å². The first-order valence-corrected chi connectivity index (χ1v) is 7.34. The Balaban J connectivity index is 2.18. The minimum atomic E-state index is -0.699. The van der Waals surface area contributed by atoms with E-state index >= 15 is 0 Å². The predicted molar refractivity (Wildman–Crippen MR) is 83.5 cm³/mol. The second-order valence-corrected chi connectivity index (χ2v) is 5.89. The molecule has 1 aliphatic heterocycles. The summed E-state index contributed by atoms with van der Waals surface area (Å²) in [5, 5.41) is 10.0. The molecule has 0 fully saturated rings. The Hall–Kier alpha value is -1.87. The zero-order valence-electron chi connectivity index (χ0n) is 12.6. The van der Waals surface area contributed by atoms with Crippen molar-refractivity contribution in [3.63, 3.8) is 0 Å². The van der Waals surface area contributed by atoms with Gasteiger partial charge in [0.25, 0.3) is 0 Å². The Morgan fingerprint density at radius 1 is 1.24 bits per heavy atom. The van der Waals surface area contributed by atoms with E-state index in [0.29, 0.717) is 17.2 Å². The van der Waals surface area contributed by atoms with Crippen LogP contribution >= 0.6 is 0 Å². The van der Waals surface area contributed by atoms with Gasteiger partial charge in [0.2, 0.25) is 0 Å². The molecule has 0 radical (unpaired) electrons. The second kappa shape index (κ2) is 5.15. The number of anilines is 2. The van der Waals surface area contributed by atoms with Gasteiger partial charge in [-0.3, -0.25) is 0 Å². The molecule has 2 aromatic carbocycles. The van der Waals surface area contributed by atoms with Gasteiger partial charge in [0.1, 0.15) is 5.82 Å². The fraction of sp³-hybridized carbons (Fsp3) is 0.333. The quantitative estimate of drug-likeness (QED) is 0.890. The summed E-state index contributed by atoms with van der Waals surface area (Å²) in [5.41, 5.74) is 4.59. The third-order valence-electron chi connectivity index (χ3n) is 4.22. The van der Waals surface area contributed by atoms with E-state index in [0.717, 1.165) is 17.8 Å². The molecule has 1 heterocycles. The molecule has 3 heteroatoms. The van der Waals surface area contributed by atoms with E-state index < -0.39 is 6.10 Å². The summed E-state index contributed by atoms with van der Waals surface area (Å²) in [6, 6.07) is 11.9. The highest BCUT2D eigenvalue weighted by Gasteiger charge is 2.29. The van der Waals surface area contributed by atoms with Crippen LogP contribution in [0.1, 0.15) is 36.6 Å². The molecular weight excluding hydrogens is 265 g/mol. The van der Waals surface area contributed by atoms with Gasteiger partial charge in [-0.05, 0) is 56.5 Å². The molecule has 0 aliphatic carbocycles. The third-order valence-corrected chi connectivity index (χ3v) is 4.22. The van der Waals surface area contributed by atoms with Crippen LogP contribution in [0.5, 0.6) is 0 Å². The molecule has 0 bridgehead atoms. The van der Waals surface area contributed by atoms with E-state index in [1.165, 1.54) is 11.6 Å². The summed E-state index contributed by atoms with van der Waals surface area (Å²) in [6.45, 7) is 5.60. The van der Waals surface area contributed by atoms with Crippen molar-refractivity contribution in [1.29, 1.82) is 0 Å². The van der Waals surface area contributed by atoms with Crippen molar-refractivity contribution in [1.82, 2.24) is 0 Å². The van der Waals surface area contributed by atoms with E-state index in [1.807, 2.05) is 18.2 Å². The molecule has 0 spiro atoms. The number of benzene rings is 2. The number of halogens is 1. The van der Waals surface area contributed by atoms with Gasteiger partial charge in [-0.25, -0.2) is 4.39 Å². The van der Waals surface area contributed by atoms with Crippen LogP contribution in [0.2, 0.25) is 0 Å². The Morgan fingerprint density at radius 3 is 2.67 bits per heavy atom. The van der Waals surface area contributed by atoms with Crippen molar-refractivity contribution < 1.29 is 9.50 Å². The molecule has 1 N–H and O–H groups in total. The average molecular weight is 285 g/mol. The maximum Gasteiger partial charge on any atom is 0.126 e. The highest BCUT2D eigenvalue weighted by Crippen LogP contribution is 2.41. The zero-order valence-corrected chi connectivity index (χ0v) is 12.6. The smallest absolute Gasteiger partial charge is 0.126 e. The van der Waals surface area contributed by atoms with Gasteiger partial charge >= 0.3 is 0 Å². The molecule has 2 nitrogen and oxygen atoms in total. The Labute approximate surface area is 124 Å². The summed E-state index contributed by atoms with van der Waals surface area (Å²) in [6.07, 6.45) is 0.265. The molecule has 0 saturated carbocycles. The first-order valence-electron chi connectivity index (χ1n) is 7.34. The van der Waals surface area contributed by atoms with Gasteiger partial charge in [-0.1, -0.05) is 18.2 Å². The second-order valence-electron chi connectivity index (χ2n) is 5.89. The van der Waals surface area contributed by atoms with Crippen molar-refractivity contribution >= 4 is 11.4 Å². The van der Waals surface area contributed by atoms with Gasteiger partial charge in [0.05, 0.1) is 6.10 Å². The number of nitrogens with zero attached hydrogens (tertiary/aromatic N) is 1. The van der Waals surface area contributed by atoms with E-state index in [-0.39, 0.29) is 5.82 Å². The van der Waals surface area contributed by atoms with Crippen LogP contribution in [0.25, 0.3) is 0 Å². The fourth-order valence-electron chi connectivity index (χ4n) is 3.16. The molecule has 3 rings (SSSR count). The van der Waals surface area contributed by atoms with Crippen LogP contribution in [0.15, 0.2) is 36.4 Å². The van der Waals surface area contributed by atoms with Crippen molar-refractivity contribution in [2.75, 3.05) is 4.90 Å². The van der Waals surface area contributed by atoms with E-state index in [9.17, 15) is 9.50 Å². The highest BCUT2D eigenvalue weighted by molar-refractivity contribution is 5.74. The molecular formula is C18H20FNO. The summed E-state index contributed by atoms with van der Waals surface area (Å²) >= 11 is 0. The number of aliphatic hydroxyl groups excluding tert-OH is 1. The molecule has 2 aromatic rings. The van der Waals surface area contributed by atoms with Gasteiger partial charge < -0.3 is 10.0 Å². The van der Waals surface area contributed by atoms with Crippen molar-refractivity contribution in [3.05, 3.63) is 58.9 Å². The van der Waals surface area contributed by atoms with Crippen LogP contribution in [-0.2, 0) is 6.42 Å². The minimum absolute atomic E-state index is 0.269. The Morgan fingerprint density at radius 2 is 1.95 bits per heavy atom. The number of rotatable bonds is 2. The van der Waals surface area contributed by atoms with Crippen molar-refractivity contribution in [2.45, 2.75) is 39.3 Å². The maximum absolute atomic E-state index is 13.9. The highest BCUT2D eigenvalue weighted by atomic mass is 19.1. The molecule has 0 amide bonds. The first kappa shape index (κ1) is 14.1. The number of fused-ring (bicyclic) bond motifs is 1. The fourth-order valence-corrected chi connectivity index (χ4v) is 3.16. The summed E-state index contributed by atoms with van der Waals surface area (Å²) in [4.78, 5) is 2.21. The number of para-hydroxylation sites is 1. The monoisotopic (exact) mass is 285 g/mol. The summed E-state index contributed by atoms with van der Waals surface area (Å²) in [5.74, 6) is -0.269. The lowest BCUT2D eigenvalue weighted by atomic mass is 10.0. The molecule has 2 unspecified atom stereocenters. The van der Waals surface area contributed by atoms with Crippen LogP contribution < -0.4 is 4.90 Å². The molecule has 1 aliphatic rings. The largest absolute Gasteiger partial charge is 0.389 e. The topological polar surface area (TPSA) is 23.5 Å². The van der Waals surface area contributed by atoms with Crippen LogP contribution in [0.3, 0.4) is 0 Å². The molecule has 21 heavy (non-hydrogen) atoms. The maximum atomic E-state index is 13.9. The van der Waals surface area contributed by atoms with Gasteiger partial charge in [-0.2, -0.15) is 0 Å². The van der Waals surface area contributed by atoms with Crippen LogP contribution in [-0.4, -0.2) is 11.1 Å². The number of hydrogen-bond donors (Lipinski definition) is 1. The lowest BCUT2D eigenvalue weighted by Gasteiger charge is -2.29. The first-order chi connectivity index (χ1) is 9.99. The SMILES string of the molecule is Cc1cc(N2c3ccccc3CC2C)c(C(C)O)cc1F. The summed E-state index contributed by atoms with van der Waals surface area (Å²) in [7, 11) is 0.